The maximum absolute atomic E-state index is 12.3. The van der Waals surface area contributed by atoms with Crippen LogP contribution in [0.2, 0.25) is 0 Å². The van der Waals surface area contributed by atoms with Crippen molar-refractivity contribution in [3.05, 3.63) is 0 Å². The molecule has 2 N–H and O–H groups in total. The SMILES string of the molecule is CC(C)CCN(CCC(C)C)C(=O)[C@@H](N)C(C)C. The molecule has 0 radical (unpaired) electrons. The molecule has 108 valence electrons. The molecule has 0 bridgehead atoms. The lowest BCUT2D eigenvalue weighted by molar-refractivity contribution is -0.133. The summed E-state index contributed by atoms with van der Waals surface area (Å²) in [5, 5.41) is 0. The van der Waals surface area contributed by atoms with E-state index >= 15 is 0 Å². The third-order valence-corrected chi connectivity index (χ3v) is 3.27. The summed E-state index contributed by atoms with van der Waals surface area (Å²) in [6.07, 6.45) is 2.10. The van der Waals surface area contributed by atoms with Gasteiger partial charge in [0, 0.05) is 13.1 Å². The largest absolute Gasteiger partial charge is 0.341 e. The molecule has 0 saturated heterocycles. The first-order chi connectivity index (χ1) is 8.25. The van der Waals surface area contributed by atoms with E-state index in [9.17, 15) is 4.79 Å². The molecule has 0 fully saturated rings. The Morgan fingerprint density at radius 2 is 1.33 bits per heavy atom. The zero-order valence-corrected chi connectivity index (χ0v) is 13.1. The van der Waals surface area contributed by atoms with Crippen molar-refractivity contribution in [2.45, 2.75) is 60.4 Å². The van der Waals surface area contributed by atoms with E-state index in [-0.39, 0.29) is 17.9 Å². The lowest BCUT2D eigenvalue weighted by atomic mass is 10.0. The molecule has 0 aromatic carbocycles. The monoisotopic (exact) mass is 256 g/mol. The molecule has 1 amide bonds. The van der Waals surface area contributed by atoms with Gasteiger partial charge >= 0.3 is 0 Å². The molecular weight excluding hydrogens is 224 g/mol. The Bertz CT molecular complexity index is 225. The van der Waals surface area contributed by atoms with Crippen LogP contribution in [-0.4, -0.2) is 29.9 Å². The average Bonchev–Trinajstić information content (AvgIpc) is 2.26. The van der Waals surface area contributed by atoms with Crippen LogP contribution in [0.5, 0.6) is 0 Å². The smallest absolute Gasteiger partial charge is 0.239 e. The fourth-order valence-corrected chi connectivity index (χ4v) is 1.66. The Kier molecular flexibility index (Phi) is 8.25. The number of hydrogen-bond acceptors (Lipinski definition) is 2. The number of carbonyl (C=O) groups excluding carboxylic acids is 1. The Balaban J connectivity index is 4.48. The predicted octanol–water partition coefficient (Wildman–Crippen LogP) is 2.89. The molecule has 0 saturated carbocycles. The summed E-state index contributed by atoms with van der Waals surface area (Å²) in [7, 11) is 0. The summed E-state index contributed by atoms with van der Waals surface area (Å²) >= 11 is 0. The number of carbonyl (C=O) groups is 1. The number of nitrogens with two attached hydrogens (primary N) is 1. The van der Waals surface area contributed by atoms with E-state index < -0.39 is 0 Å². The molecule has 3 heteroatoms. The van der Waals surface area contributed by atoms with Crippen molar-refractivity contribution in [2.24, 2.45) is 23.5 Å². The van der Waals surface area contributed by atoms with Gasteiger partial charge in [0.15, 0.2) is 0 Å². The highest BCUT2D eigenvalue weighted by atomic mass is 16.2. The van der Waals surface area contributed by atoms with E-state index in [0.29, 0.717) is 11.8 Å². The maximum atomic E-state index is 12.3. The van der Waals surface area contributed by atoms with Crippen molar-refractivity contribution >= 4 is 5.91 Å². The van der Waals surface area contributed by atoms with Gasteiger partial charge in [-0.1, -0.05) is 41.5 Å². The second kappa shape index (κ2) is 8.52. The summed E-state index contributed by atoms with van der Waals surface area (Å²) in [5.74, 6) is 1.56. The van der Waals surface area contributed by atoms with Gasteiger partial charge in [-0.05, 0) is 30.6 Å². The molecule has 0 aliphatic rings. The standard InChI is InChI=1S/C15H32N2O/c1-11(2)7-9-17(10-8-12(3)4)15(18)14(16)13(5)6/h11-14H,7-10,16H2,1-6H3/t14-/m0/s1. The van der Waals surface area contributed by atoms with Gasteiger partial charge in [0.1, 0.15) is 0 Å². The predicted molar refractivity (Wildman–Crippen MR) is 78.3 cm³/mol. The van der Waals surface area contributed by atoms with Crippen LogP contribution in [0, 0.1) is 17.8 Å². The number of hydrogen-bond donors (Lipinski definition) is 1. The minimum Gasteiger partial charge on any atom is -0.341 e. The van der Waals surface area contributed by atoms with E-state index in [0.717, 1.165) is 25.9 Å². The van der Waals surface area contributed by atoms with Crippen molar-refractivity contribution in [3.63, 3.8) is 0 Å². The summed E-state index contributed by atoms with van der Waals surface area (Å²) in [6, 6.07) is -0.357. The van der Waals surface area contributed by atoms with Crippen LogP contribution in [0.3, 0.4) is 0 Å². The van der Waals surface area contributed by atoms with Crippen LogP contribution >= 0.6 is 0 Å². The molecule has 0 rings (SSSR count). The van der Waals surface area contributed by atoms with E-state index in [1.165, 1.54) is 0 Å². The minimum atomic E-state index is -0.357. The number of nitrogens with zero attached hydrogens (tertiary/aromatic N) is 1. The Hall–Kier alpha value is -0.570. The van der Waals surface area contributed by atoms with E-state index in [4.69, 9.17) is 5.73 Å². The van der Waals surface area contributed by atoms with Crippen LogP contribution in [-0.2, 0) is 4.79 Å². The number of rotatable bonds is 8. The van der Waals surface area contributed by atoms with Gasteiger partial charge in [0.25, 0.3) is 0 Å². The van der Waals surface area contributed by atoms with Gasteiger partial charge in [-0.2, -0.15) is 0 Å². The molecule has 0 aliphatic heterocycles. The summed E-state index contributed by atoms with van der Waals surface area (Å²) in [5.41, 5.74) is 5.98. The molecule has 3 nitrogen and oxygen atoms in total. The lowest BCUT2D eigenvalue weighted by Gasteiger charge is -2.28. The van der Waals surface area contributed by atoms with E-state index in [1.54, 1.807) is 0 Å². The van der Waals surface area contributed by atoms with Crippen LogP contribution in [0.4, 0.5) is 0 Å². The molecule has 0 aliphatic carbocycles. The first-order valence-corrected chi connectivity index (χ1v) is 7.30. The summed E-state index contributed by atoms with van der Waals surface area (Å²) in [6.45, 7) is 14.4. The Morgan fingerprint density at radius 3 is 1.61 bits per heavy atom. The van der Waals surface area contributed by atoms with Crippen LogP contribution in [0.25, 0.3) is 0 Å². The third-order valence-electron chi connectivity index (χ3n) is 3.27. The minimum absolute atomic E-state index is 0.117. The normalized spacial score (nSPS) is 13.4. The molecule has 0 aromatic rings. The van der Waals surface area contributed by atoms with Crippen molar-refractivity contribution in [2.75, 3.05) is 13.1 Å². The molecule has 0 spiro atoms. The second-order valence-electron chi connectivity index (χ2n) is 6.46. The molecule has 0 aromatic heterocycles. The maximum Gasteiger partial charge on any atom is 0.239 e. The zero-order valence-electron chi connectivity index (χ0n) is 13.1. The Morgan fingerprint density at radius 1 is 0.944 bits per heavy atom. The molecule has 0 heterocycles. The summed E-state index contributed by atoms with van der Waals surface area (Å²) < 4.78 is 0. The summed E-state index contributed by atoms with van der Waals surface area (Å²) in [4.78, 5) is 14.3. The van der Waals surface area contributed by atoms with Crippen LogP contribution in [0.15, 0.2) is 0 Å². The van der Waals surface area contributed by atoms with Crippen LogP contribution < -0.4 is 5.73 Å². The number of amides is 1. The third kappa shape index (κ3) is 7.00. The van der Waals surface area contributed by atoms with Gasteiger partial charge in [-0.15, -0.1) is 0 Å². The van der Waals surface area contributed by atoms with Crippen molar-refractivity contribution < 1.29 is 4.79 Å². The van der Waals surface area contributed by atoms with Crippen molar-refractivity contribution in [3.8, 4) is 0 Å². The zero-order chi connectivity index (χ0) is 14.3. The fraction of sp³-hybridized carbons (Fsp3) is 0.933. The molecule has 0 unspecified atom stereocenters. The lowest BCUT2D eigenvalue weighted by Crippen LogP contribution is -2.47. The van der Waals surface area contributed by atoms with Crippen molar-refractivity contribution in [1.82, 2.24) is 4.90 Å². The molecule has 1 atom stereocenters. The van der Waals surface area contributed by atoms with Crippen molar-refractivity contribution in [1.29, 1.82) is 0 Å². The highest BCUT2D eigenvalue weighted by Gasteiger charge is 2.23. The topological polar surface area (TPSA) is 46.3 Å². The highest BCUT2D eigenvalue weighted by molar-refractivity contribution is 5.81. The second-order valence-corrected chi connectivity index (χ2v) is 6.46. The van der Waals surface area contributed by atoms with E-state index in [2.05, 4.69) is 27.7 Å². The molecule has 18 heavy (non-hydrogen) atoms. The van der Waals surface area contributed by atoms with Gasteiger partial charge in [-0.3, -0.25) is 4.79 Å². The fourth-order valence-electron chi connectivity index (χ4n) is 1.66. The van der Waals surface area contributed by atoms with Gasteiger partial charge in [0.2, 0.25) is 5.91 Å². The van der Waals surface area contributed by atoms with Gasteiger partial charge in [0.05, 0.1) is 6.04 Å². The highest BCUT2D eigenvalue weighted by Crippen LogP contribution is 2.10. The van der Waals surface area contributed by atoms with Crippen LogP contribution in [0.1, 0.15) is 54.4 Å². The first kappa shape index (κ1) is 17.4. The van der Waals surface area contributed by atoms with Gasteiger partial charge < -0.3 is 10.6 Å². The van der Waals surface area contributed by atoms with Gasteiger partial charge in [-0.25, -0.2) is 0 Å². The Labute approximate surface area is 113 Å². The first-order valence-electron chi connectivity index (χ1n) is 7.30. The average molecular weight is 256 g/mol. The van der Waals surface area contributed by atoms with E-state index in [1.807, 2.05) is 18.7 Å². The quantitative estimate of drug-likeness (QED) is 0.726. The molecular formula is C15H32N2O.